The summed E-state index contributed by atoms with van der Waals surface area (Å²) in [6.07, 6.45) is 0. The van der Waals surface area contributed by atoms with E-state index in [0.717, 1.165) is 0 Å². The Kier molecular flexibility index (Phi) is 8.91. The summed E-state index contributed by atoms with van der Waals surface area (Å²) < 4.78 is 37.2. The fourth-order valence-corrected chi connectivity index (χ4v) is 3.97. The third kappa shape index (κ3) is 7.54. The molecule has 4 N–H and O–H groups in total. The minimum Gasteiger partial charge on any atom is -0.494 e. The predicted octanol–water partition coefficient (Wildman–Crippen LogP) is 6.91. The van der Waals surface area contributed by atoms with E-state index in [-0.39, 0.29) is 10.6 Å². The number of urea groups is 1. The van der Waals surface area contributed by atoms with Crippen molar-refractivity contribution in [3.05, 3.63) is 96.6 Å². The summed E-state index contributed by atoms with van der Waals surface area (Å²) in [6.45, 7) is -0.401. The second kappa shape index (κ2) is 12.7. The van der Waals surface area contributed by atoms with Gasteiger partial charge in [-0.1, -0.05) is 24.3 Å². The number of azo groups is 2. The van der Waals surface area contributed by atoms with Crippen LogP contribution in [0.2, 0.25) is 0 Å². The van der Waals surface area contributed by atoms with Crippen LogP contribution < -0.4 is 15.4 Å². The lowest BCUT2D eigenvalue weighted by Gasteiger charge is -2.13. The van der Waals surface area contributed by atoms with Gasteiger partial charge in [-0.15, -0.1) is 0 Å². The third-order valence-corrected chi connectivity index (χ3v) is 6.22. The number of methoxy groups -OCH3 is 1. The molecule has 2 amide bonds. The zero-order valence-corrected chi connectivity index (χ0v) is 21.9. The Labute approximate surface area is 229 Å². The summed E-state index contributed by atoms with van der Waals surface area (Å²) in [5.41, 5.74) is 2.85. The molecule has 0 radical (unpaired) electrons. The molecular formula is C27H24N6O6S. The van der Waals surface area contributed by atoms with Gasteiger partial charge in [0, 0.05) is 17.3 Å². The molecule has 0 aliphatic rings. The summed E-state index contributed by atoms with van der Waals surface area (Å²) in [7, 11) is -2.91. The average Bonchev–Trinajstić information content (AvgIpc) is 2.96. The van der Waals surface area contributed by atoms with Crippen LogP contribution in [0.4, 0.5) is 38.9 Å². The van der Waals surface area contributed by atoms with Crippen LogP contribution in [-0.2, 0) is 16.7 Å². The number of carbonyl (C=O) groups is 1. The quantitative estimate of drug-likeness (QED) is 0.128. The first-order chi connectivity index (χ1) is 19.2. The second-order valence-corrected chi connectivity index (χ2v) is 9.59. The molecular weight excluding hydrogens is 536 g/mol. The topological polar surface area (TPSA) is 174 Å². The van der Waals surface area contributed by atoms with E-state index in [1.807, 2.05) is 30.3 Å². The molecule has 4 aromatic carbocycles. The van der Waals surface area contributed by atoms with Crippen molar-refractivity contribution >= 4 is 50.3 Å². The summed E-state index contributed by atoms with van der Waals surface area (Å²) in [5, 5.41) is 31.6. The maximum absolute atomic E-state index is 12.7. The van der Waals surface area contributed by atoms with E-state index < -0.39 is 22.8 Å². The second-order valence-electron chi connectivity index (χ2n) is 8.17. The van der Waals surface area contributed by atoms with Crippen molar-refractivity contribution in [3.8, 4) is 5.75 Å². The van der Waals surface area contributed by atoms with E-state index in [4.69, 9.17) is 4.74 Å². The number of hydrogen-bond acceptors (Lipinski definition) is 9. The molecule has 0 aromatic heterocycles. The molecule has 0 bridgehead atoms. The first-order valence-electron chi connectivity index (χ1n) is 11.7. The molecule has 40 heavy (non-hydrogen) atoms. The SMILES string of the molecule is COc1cc(N=Nc2ccccc2)ccc1NC(=O)Nc1ccc(N=Nc2cccc(S(=O)(=O)O)c2)cc1CO. The molecule has 204 valence electrons. The molecule has 12 nitrogen and oxygen atoms in total. The van der Waals surface area contributed by atoms with Gasteiger partial charge in [0.15, 0.2) is 0 Å². The number of nitrogens with one attached hydrogen (secondary N) is 2. The number of amides is 2. The molecule has 0 saturated carbocycles. The van der Waals surface area contributed by atoms with Gasteiger partial charge < -0.3 is 20.5 Å². The van der Waals surface area contributed by atoms with Crippen molar-refractivity contribution in [2.24, 2.45) is 20.5 Å². The van der Waals surface area contributed by atoms with E-state index >= 15 is 0 Å². The van der Waals surface area contributed by atoms with Gasteiger partial charge in [-0.2, -0.15) is 28.9 Å². The van der Waals surface area contributed by atoms with Crippen LogP contribution in [0.1, 0.15) is 5.56 Å². The van der Waals surface area contributed by atoms with Crippen molar-refractivity contribution in [1.29, 1.82) is 0 Å². The fraction of sp³-hybridized carbons (Fsp3) is 0.0741. The molecule has 4 rings (SSSR count). The molecule has 0 saturated heterocycles. The maximum Gasteiger partial charge on any atom is 0.323 e. The Morgan fingerprint density at radius 1 is 0.750 bits per heavy atom. The van der Waals surface area contributed by atoms with Gasteiger partial charge in [-0.3, -0.25) is 4.55 Å². The van der Waals surface area contributed by atoms with Gasteiger partial charge in [0.1, 0.15) is 5.75 Å². The first-order valence-corrected chi connectivity index (χ1v) is 13.1. The number of aliphatic hydroxyl groups excluding tert-OH is 1. The normalized spacial score (nSPS) is 11.6. The Morgan fingerprint density at radius 2 is 1.32 bits per heavy atom. The standard InChI is InChI=1S/C27H24N6O6S/c1-39-26-16-22(33-30-19-6-3-2-4-7-19)11-13-25(26)29-27(35)28-24-12-10-21(14-18(24)17-34)32-31-20-8-5-9-23(15-20)40(36,37)38/h2-16,34H,17H2,1H3,(H2,28,29,35)(H,36,37,38). The zero-order chi connectivity index (χ0) is 28.5. The first kappa shape index (κ1) is 28.0. The number of aliphatic hydroxyl groups is 1. The smallest absolute Gasteiger partial charge is 0.323 e. The number of nitrogens with zero attached hydrogens (tertiary/aromatic N) is 4. The molecule has 0 aliphatic carbocycles. The minimum atomic E-state index is -4.38. The van der Waals surface area contributed by atoms with Crippen molar-refractivity contribution < 1.29 is 27.6 Å². The Bertz CT molecular complexity index is 1680. The highest BCUT2D eigenvalue weighted by molar-refractivity contribution is 7.85. The Morgan fingerprint density at radius 3 is 1.98 bits per heavy atom. The predicted molar refractivity (Wildman–Crippen MR) is 149 cm³/mol. The summed E-state index contributed by atoms with van der Waals surface area (Å²) in [4.78, 5) is 12.4. The lowest BCUT2D eigenvalue weighted by atomic mass is 10.1. The highest BCUT2D eigenvalue weighted by Gasteiger charge is 2.12. The van der Waals surface area contributed by atoms with Crippen LogP contribution in [0.15, 0.2) is 116 Å². The molecule has 0 atom stereocenters. The lowest BCUT2D eigenvalue weighted by molar-refractivity contribution is 0.261. The van der Waals surface area contributed by atoms with E-state index in [0.29, 0.717) is 39.7 Å². The number of ether oxygens (including phenoxy) is 1. The van der Waals surface area contributed by atoms with Crippen LogP contribution in [0, 0.1) is 0 Å². The number of hydrogen-bond donors (Lipinski definition) is 4. The highest BCUT2D eigenvalue weighted by atomic mass is 32.2. The molecule has 0 heterocycles. The third-order valence-electron chi connectivity index (χ3n) is 5.37. The maximum atomic E-state index is 12.7. The van der Waals surface area contributed by atoms with Gasteiger partial charge in [-0.25, -0.2) is 4.79 Å². The number of benzene rings is 4. The van der Waals surface area contributed by atoms with E-state index in [2.05, 4.69) is 31.1 Å². The fourth-order valence-electron chi connectivity index (χ4n) is 3.45. The summed E-state index contributed by atoms with van der Waals surface area (Å²) >= 11 is 0. The van der Waals surface area contributed by atoms with Crippen LogP contribution in [0.5, 0.6) is 5.75 Å². The van der Waals surface area contributed by atoms with Crippen LogP contribution in [-0.4, -0.2) is 31.2 Å². The van der Waals surface area contributed by atoms with Crippen LogP contribution in [0.25, 0.3) is 0 Å². The van der Waals surface area contributed by atoms with Gasteiger partial charge in [0.25, 0.3) is 10.1 Å². The van der Waals surface area contributed by atoms with Crippen LogP contribution >= 0.6 is 0 Å². The van der Waals surface area contributed by atoms with Gasteiger partial charge in [0.2, 0.25) is 0 Å². The number of anilines is 2. The van der Waals surface area contributed by atoms with Crippen molar-refractivity contribution in [1.82, 2.24) is 0 Å². The summed E-state index contributed by atoms with van der Waals surface area (Å²) in [5.74, 6) is 0.371. The molecule has 0 unspecified atom stereocenters. The number of rotatable bonds is 9. The van der Waals surface area contributed by atoms with E-state index in [1.165, 1.54) is 37.4 Å². The average molecular weight is 561 g/mol. The highest BCUT2D eigenvalue weighted by Crippen LogP contribution is 2.31. The molecule has 0 aliphatic heterocycles. The Hall–Kier alpha value is -4.98. The van der Waals surface area contributed by atoms with E-state index in [9.17, 15) is 22.9 Å². The van der Waals surface area contributed by atoms with Crippen molar-refractivity contribution in [3.63, 3.8) is 0 Å². The van der Waals surface area contributed by atoms with Crippen molar-refractivity contribution in [2.75, 3.05) is 17.7 Å². The summed E-state index contributed by atoms with van der Waals surface area (Å²) in [6, 6.07) is 23.5. The largest absolute Gasteiger partial charge is 0.494 e. The minimum absolute atomic E-state index is 0.198. The van der Waals surface area contributed by atoms with Gasteiger partial charge >= 0.3 is 6.03 Å². The van der Waals surface area contributed by atoms with Crippen molar-refractivity contribution in [2.45, 2.75) is 11.5 Å². The molecule has 13 heteroatoms. The lowest BCUT2D eigenvalue weighted by Crippen LogP contribution is -2.20. The molecule has 0 spiro atoms. The molecule has 0 fully saturated rings. The van der Waals surface area contributed by atoms with Crippen LogP contribution in [0.3, 0.4) is 0 Å². The molecule has 4 aromatic rings. The number of carbonyl (C=O) groups excluding carboxylic acids is 1. The van der Waals surface area contributed by atoms with Gasteiger partial charge in [0.05, 0.1) is 47.0 Å². The monoisotopic (exact) mass is 560 g/mol. The van der Waals surface area contributed by atoms with E-state index in [1.54, 1.807) is 30.3 Å². The Balaban J connectivity index is 1.44. The van der Waals surface area contributed by atoms with Gasteiger partial charge in [-0.05, 0) is 60.7 Å². The zero-order valence-electron chi connectivity index (χ0n) is 21.1.